The van der Waals surface area contributed by atoms with Gasteiger partial charge in [-0.05, 0) is 27.6 Å². The summed E-state index contributed by atoms with van der Waals surface area (Å²) in [5.74, 6) is 0.463. The summed E-state index contributed by atoms with van der Waals surface area (Å²) in [6.07, 6.45) is 1.64. The maximum Gasteiger partial charge on any atom is 0.123 e. The second kappa shape index (κ2) is 4.55. The van der Waals surface area contributed by atoms with Gasteiger partial charge in [0, 0.05) is 17.8 Å². The summed E-state index contributed by atoms with van der Waals surface area (Å²) in [6.45, 7) is 0.460. The van der Waals surface area contributed by atoms with Crippen LogP contribution in [0.1, 0.15) is 11.6 Å². The molecule has 1 aromatic rings. The summed E-state index contributed by atoms with van der Waals surface area (Å²) in [5, 5.41) is 0. The zero-order valence-corrected chi connectivity index (χ0v) is 8.91. The summed E-state index contributed by atoms with van der Waals surface area (Å²) in [4.78, 5) is 3.92. The van der Waals surface area contributed by atoms with Crippen molar-refractivity contribution < 1.29 is 4.74 Å². The molecule has 0 radical (unpaired) electrons. The lowest BCUT2D eigenvalue weighted by atomic mass is 10.1. The number of hydrogen-bond acceptors (Lipinski definition) is 4. The minimum Gasteiger partial charge on any atom is -0.384 e. The molecular formula is C8H12BrN3O. The van der Waals surface area contributed by atoms with Gasteiger partial charge in [-0.2, -0.15) is 0 Å². The Kier molecular flexibility index (Phi) is 3.65. The van der Waals surface area contributed by atoms with Gasteiger partial charge in [0.1, 0.15) is 5.82 Å². The molecule has 0 unspecified atom stereocenters. The lowest BCUT2D eigenvalue weighted by Gasteiger charge is -2.12. The molecule has 4 N–H and O–H groups in total. The average molecular weight is 246 g/mol. The van der Waals surface area contributed by atoms with Gasteiger partial charge in [0.25, 0.3) is 0 Å². The number of anilines is 1. The Morgan fingerprint density at radius 3 is 3.00 bits per heavy atom. The van der Waals surface area contributed by atoms with E-state index in [2.05, 4.69) is 20.9 Å². The van der Waals surface area contributed by atoms with Gasteiger partial charge < -0.3 is 16.2 Å². The molecule has 0 aliphatic rings. The van der Waals surface area contributed by atoms with Gasteiger partial charge in [-0.1, -0.05) is 0 Å². The van der Waals surface area contributed by atoms with E-state index in [9.17, 15) is 0 Å². The summed E-state index contributed by atoms with van der Waals surface area (Å²) in [5.41, 5.74) is 12.3. The Labute approximate surface area is 85.4 Å². The van der Waals surface area contributed by atoms with Crippen molar-refractivity contribution in [2.45, 2.75) is 6.04 Å². The third-order valence-corrected chi connectivity index (χ3v) is 2.31. The highest BCUT2D eigenvalue weighted by molar-refractivity contribution is 9.10. The molecule has 1 aromatic heterocycles. The monoisotopic (exact) mass is 245 g/mol. The highest BCUT2D eigenvalue weighted by atomic mass is 79.9. The molecule has 0 aliphatic carbocycles. The number of halogens is 1. The molecule has 5 heteroatoms. The highest BCUT2D eigenvalue weighted by Crippen LogP contribution is 2.22. The van der Waals surface area contributed by atoms with Gasteiger partial charge in [-0.3, -0.25) is 0 Å². The van der Waals surface area contributed by atoms with Crippen LogP contribution < -0.4 is 11.5 Å². The van der Waals surface area contributed by atoms with Crippen molar-refractivity contribution in [3.63, 3.8) is 0 Å². The van der Waals surface area contributed by atoms with Gasteiger partial charge >= 0.3 is 0 Å². The first-order valence-corrected chi connectivity index (χ1v) is 4.60. The van der Waals surface area contributed by atoms with Crippen LogP contribution in [0.5, 0.6) is 0 Å². The molecule has 0 spiro atoms. The Morgan fingerprint density at radius 1 is 1.69 bits per heavy atom. The molecule has 72 valence electrons. The van der Waals surface area contributed by atoms with Gasteiger partial charge in [0.2, 0.25) is 0 Å². The maximum atomic E-state index is 5.84. The van der Waals surface area contributed by atoms with Crippen molar-refractivity contribution in [2.75, 3.05) is 19.5 Å². The zero-order chi connectivity index (χ0) is 9.84. The van der Waals surface area contributed by atoms with Crippen molar-refractivity contribution in [1.29, 1.82) is 0 Å². The number of methoxy groups -OCH3 is 1. The number of ether oxygens (including phenoxy) is 1. The summed E-state index contributed by atoms with van der Waals surface area (Å²) in [7, 11) is 1.61. The van der Waals surface area contributed by atoms with Crippen LogP contribution in [0, 0.1) is 0 Å². The van der Waals surface area contributed by atoms with E-state index in [1.807, 2.05) is 0 Å². The molecule has 1 heterocycles. The second-order valence-electron chi connectivity index (χ2n) is 2.69. The summed E-state index contributed by atoms with van der Waals surface area (Å²) >= 11 is 3.35. The third-order valence-electron chi connectivity index (χ3n) is 1.65. The van der Waals surface area contributed by atoms with E-state index in [-0.39, 0.29) is 6.04 Å². The van der Waals surface area contributed by atoms with E-state index in [4.69, 9.17) is 16.2 Å². The first kappa shape index (κ1) is 10.4. The highest BCUT2D eigenvalue weighted by Gasteiger charge is 2.10. The average Bonchev–Trinajstić information content (AvgIpc) is 2.09. The largest absolute Gasteiger partial charge is 0.384 e. The second-order valence-corrected chi connectivity index (χ2v) is 3.55. The number of nitrogen functional groups attached to an aromatic ring is 1. The number of rotatable bonds is 3. The normalized spacial score (nSPS) is 12.8. The van der Waals surface area contributed by atoms with Crippen LogP contribution >= 0.6 is 15.9 Å². The quantitative estimate of drug-likeness (QED) is 0.836. The lowest BCUT2D eigenvalue weighted by molar-refractivity contribution is 0.180. The molecule has 0 amide bonds. The Bertz CT molecular complexity index is 293. The van der Waals surface area contributed by atoms with Gasteiger partial charge in [0.15, 0.2) is 0 Å². The predicted octanol–water partition coefficient (Wildman–Crippen LogP) is 1.07. The van der Waals surface area contributed by atoms with Gasteiger partial charge in [0.05, 0.1) is 12.6 Å². The fraction of sp³-hybridized carbons (Fsp3) is 0.375. The van der Waals surface area contributed by atoms with E-state index in [0.29, 0.717) is 12.4 Å². The van der Waals surface area contributed by atoms with Crippen LogP contribution in [0.15, 0.2) is 16.7 Å². The SMILES string of the molecule is COC[C@H](N)c1cc(N)ncc1Br. The Morgan fingerprint density at radius 2 is 2.38 bits per heavy atom. The van der Waals surface area contributed by atoms with Crippen molar-refractivity contribution in [2.24, 2.45) is 5.73 Å². The van der Waals surface area contributed by atoms with Crippen LogP contribution in [0.4, 0.5) is 5.82 Å². The fourth-order valence-electron chi connectivity index (χ4n) is 1.02. The Balaban J connectivity index is 2.91. The number of nitrogens with two attached hydrogens (primary N) is 2. The molecule has 1 rings (SSSR count). The molecule has 0 aliphatic heterocycles. The van der Waals surface area contributed by atoms with E-state index < -0.39 is 0 Å². The van der Waals surface area contributed by atoms with E-state index >= 15 is 0 Å². The van der Waals surface area contributed by atoms with Crippen LogP contribution in [0.3, 0.4) is 0 Å². The van der Waals surface area contributed by atoms with Gasteiger partial charge in [-0.15, -0.1) is 0 Å². The molecule has 0 saturated carbocycles. The van der Waals surface area contributed by atoms with E-state index in [1.54, 1.807) is 19.4 Å². The minimum absolute atomic E-state index is 0.176. The number of pyridine rings is 1. The molecule has 0 saturated heterocycles. The molecule has 0 aromatic carbocycles. The van der Waals surface area contributed by atoms with E-state index in [0.717, 1.165) is 10.0 Å². The van der Waals surface area contributed by atoms with Crippen molar-refractivity contribution in [3.05, 3.63) is 22.3 Å². The van der Waals surface area contributed by atoms with Crippen molar-refractivity contribution >= 4 is 21.7 Å². The molecule has 1 atom stereocenters. The zero-order valence-electron chi connectivity index (χ0n) is 7.33. The molecule has 4 nitrogen and oxygen atoms in total. The first-order chi connectivity index (χ1) is 6.15. The number of hydrogen-bond donors (Lipinski definition) is 2. The lowest BCUT2D eigenvalue weighted by Crippen LogP contribution is -2.17. The van der Waals surface area contributed by atoms with Crippen LogP contribution in [-0.4, -0.2) is 18.7 Å². The standard InChI is InChI=1S/C8H12BrN3O/c1-13-4-7(10)5-2-8(11)12-3-6(5)9/h2-3,7H,4,10H2,1H3,(H2,11,12)/t7-/m0/s1. The molecule has 0 fully saturated rings. The van der Waals surface area contributed by atoms with E-state index in [1.165, 1.54) is 0 Å². The number of nitrogens with zero attached hydrogens (tertiary/aromatic N) is 1. The molecular weight excluding hydrogens is 234 g/mol. The minimum atomic E-state index is -0.176. The smallest absolute Gasteiger partial charge is 0.123 e. The topological polar surface area (TPSA) is 74.2 Å². The van der Waals surface area contributed by atoms with Crippen molar-refractivity contribution in [3.8, 4) is 0 Å². The van der Waals surface area contributed by atoms with Crippen molar-refractivity contribution in [1.82, 2.24) is 4.98 Å². The maximum absolute atomic E-state index is 5.84. The van der Waals surface area contributed by atoms with Crippen LogP contribution in [0.2, 0.25) is 0 Å². The van der Waals surface area contributed by atoms with Gasteiger partial charge in [-0.25, -0.2) is 4.98 Å². The summed E-state index contributed by atoms with van der Waals surface area (Å²) < 4.78 is 5.80. The summed E-state index contributed by atoms with van der Waals surface area (Å²) in [6, 6.07) is 1.57. The molecule has 0 bridgehead atoms. The third kappa shape index (κ3) is 2.65. The fourth-order valence-corrected chi connectivity index (χ4v) is 1.54. The van der Waals surface area contributed by atoms with Crippen LogP contribution in [0.25, 0.3) is 0 Å². The van der Waals surface area contributed by atoms with Crippen LogP contribution in [-0.2, 0) is 4.74 Å². The Hall–Kier alpha value is -0.650. The predicted molar refractivity (Wildman–Crippen MR) is 55.2 cm³/mol. The number of aromatic nitrogens is 1. The molecule has 13 heavy (non-hydrogen) atoms. The first-order valence-electron chi connectivity index (χ1n) is 3.80.